The van der Waals surface area contributed by atoms with E-state index in [2.05, 4.69) is 15.2 Å². The Bertz CT molecular complexity index is 614. The van der Waals surface area contributed by atoms with Crippen molar-refractivity contribution in [1.82, 2.24) is 15.2 Å². The Labute approximate surface area is 124 Å². The van der Waals surface area contributed by atoms with Crippen LogP contribution in [-0.4, -0.2) is 36.4 Å². The molecule has 6 heteroatoms. The molecule has 0 saturated heterocycles. The highest BCUT2D eigenvalue weighted by atomic mass is 16.5. The average molecular weight is 288 g/mol. The third-order valence-corrected chi connectivity index (χ3v) is 3.36. The third-order valence-electron chi connectivity index (χ3n) is 3.36. The molecule has 2 heterocycles. The quantitative estimate of drug-likeness (QED) is 0.840. The summed E-state index contributed by atoms with van der Waals surface area (Å²) in [4.78, 5) is 6.47. The van der Waals surface area contributed by atoms with Gasteiger partial charge < -0.3 is 14.4 Å². The van der Waals surface area contributed by atoms with E-state index in [4.69, 9.17) is 9.47 Å². The van der Waals surface area contributed by atoms with Crippen LogP contribution < -0.4 is 14.4 Å². The minimum absolute atomic E-state index is 0.499. The first-order valence-electron chi connectivity index (χ1n) is 6.64. The molecule has 0 bridgehead atoms. The predicted molar refractivity (Wildman–Crippen MR) is 81.0 cm³/mol. The molecule has 0 saturated carbocycles. The molecule has 2 aromatic rings. The highest BCUT2D eigenvalue weighted by molar-refractivity contribution is 5.44. The van der Waals surface area contributed by atoms with Gasteiger partial charge in [-0.2, -0.15) is 0 Å². The normalized spacial score (nSPS) is 10.3. The number of rotatable bonds is 5. The van der Waals surface area contributed by atoms with E-state index in [1.54, 1.807) is 20.3 Å². The molecule has 2 rings (SSSR count). The lowest BCUT2D eigenvalue weighted by Crippen LogP contribution is -2.20. The number of hydrogen-bond donors (Lipinski definition) is 0. The largest absolute Gasteiger partial charge is 0.496 e. The Balaban J connectivity index is 2.20. The Morgan fingerprint density at radius 2 is 1.86 bits per heavy atom. The molecule has 0 fully saturated rings. The fraction of sp³-hybridized carbons (Fsp3) is 0.400. The Morgan fingerprint density at radius 1 is 1.10 bits per heavy atom. The molecule has 0 amide bonds. The monoisotopic (exact) mass is 288 g/mol. The molecule has 0 aliphatic rings. The van der Waals surface area contributed by atoms with Crippen molar-refractivity contribution in [2.75, 3.05) is 26.2 Å². The number of aromatic nitrogens is 3. The van der Waals surface area contributed by atoms with Gasteiger partial charge in [-0.1, -0.05) is 0 Å². The van der Waals surface area contributed by atoms with Crippen LogP contribution in [0.5, 0.6) is 11.6 Å². The van der Waals surface area contributed by atoms with Crippen LogP contribution in [0, 0.1) is 13.8 Å². The summed E-state index contributed by atoms with van der Waals surface area (Å²) < 4.78 is 10.4. The van der Waals surface area contributed by atoms with Crippen molar-refractivity contribution >= 4 is 5.82 Å². The predicted octanol–water partition coefficient (Wildman–Crippen LogP) is 2.14. The van der Waals surface area contributed by atoms with Gasteiger partial charge in [-0.3, -0.25) is 4.98 Å². The fourth-order valence-electron chi connectivity index (χ4n) is 2.16. The molecule has 112 valence electrons. The van der Waals surface area contributed by atoms with Crippen LogP contribution in [0.25, 0.3) is 0 Å². The first-order valence-corrected chi connectivity index (χ1v) is 6.64. The van der Waals surface area contributed by atoms with Crippen LogP contribution >= 0.6 is 0 Å². The maximum atomic E-state index is 5.43. The second kappa shape index (κ2) is 6.39. The van der Waals surface area contributed by atoms with E-state index in [0.29, 0.717) is 12.4 Å². The van der Waals surface area contributed by atoms with Gasteiger partial charge in [0.2, 0.25) is 5.88 Å². The molecule has 0 atom stereocenters. The van der Waals surface area contributed by atoms with E-state index < -0.39 is 0 Å². The van der Waals surface area contributed by atoms with Crippen LogP contribution in [0.15, 0.2) is 18.3 Å². The van der Waals surface area contributed by atoms with E-state index in [9.17, 15) is 0 Å². The molecule has 0 aliphatic heterocycles. The van der Waals surface area contributed by atoms with Gasteiger partial charge in [0.1, 0.15) is 5.75 Å². The van der Waals surface area contributed by atoms with Crippen molar-refractivity contribution in [3.8, 4) is 11.6 Å². The van der Waals surface area contributed by atoms with Crippen molar-refractivity contribution in [2.45, 2.75) is 20.4 Å². The summed E-state index contributed by atoms with van der Waals surface area (Å²) in [6.07, 6.45) is 1.83. The van der Waals surface area contributed by atoms with Gasteiger partial charge in [-0.05, 0) is 19.9 Å². The summed E-state index contributed by atoms with van der Waals surface area (Å²) in [6.45, 7) is 4.63. The molecule has 2 aromatic heterocycles. The summed E-state index contributed by atoms with van der Waals surface area (Å²) in [5.41, 5.74) is 3.04. The van der Waals surface area contributed by atoms with Gasteiger partial charge >= 0.3 is 0 Å². The molecule has 0 aromatic carbocycles. The number of nitrogens with zero attached hydrogens (tertiary/aromatic N) is 4. The van der Waals surface area contributed by atoms with Crippen LogP contribution in [0.2, 0.25) is 0 Å². The molecule has 6 nitrogen and oxygen atoms in total. The first-order chi connectivity index (χ1) is 10.1. The summed E-state index contributed by atoms with van der Waals surface area (Å²) in [7, 11) is 5.20. The zero-order valence-corrected chi connectivity index (χ0v) is 13.0. The Kier molecular flexibility index (Phi) is 4.57. The third kappa shape index (κ3) is 3.21. The van der Waals surface area contributed by atoms with Crippen molar-refractivity contribution in [1.29, 1.82) is 0 Å². The minimum atomic E-state index is 0.499. The van der Waals surface area contributed by atoms with E-state index in [1.807, 2.05) is 38.1 Å². The van der Waals surface area contributed by atoms with Crippen LogP contribution in [-0.2, 0) is 6.54 Å². The maximum Gasteiger partial charge on any atom is 0.233 e. The lowest BCUT2D eigenvalue weighted by atomic mass is 10.1. The van der Waals surface area contributed by atoms with Crippen molar-refractivity contribution in [2.24, 2.45) is 0 Å². The summed E-state index contributed by atoms with van der Waals surface area (Å²) in [5, 5.41) is 8.10. The molecule has 0 aliphatic carbocycles. The number of pyridine rings is 1. The lowest BCUT2D eigenvalue weighted by Gasteiger charge is -2.19. The Morgan fingerprint density at radius 3 is 2.43 bits per heavy atom. The molecule has 0 radical (unpaired) electrons. The van der Waals surface area contributed by atoms with Gasteiger partial charge in [0.05, 0.1) is 26.5 Å². The lowest BCUT2D eigenvalue weighted by molar-refractivity contribution is 0.392. The van der Waals surface area contributed by atoms with Crippen LogP contribution in [0.1, 0.15) is 16.8 Å². The molecule has 21 heavy (non-hydrogen) atoms. The van der Waals surface area contributed by atoms with Gasteiger partial charge in [0.25, 0.3) is 0 Å². The van der Waals surface area contributed by atoms with Crippen molar-refractivity contribution in [3.05, 3.63) is 35.2 Å². The number of aryl methyl sites for hydroxylation is 1. The van der Waals surface area contributed by atoms with E-state index in [1.165, 1.54) is 0 Å². The second-order valence-electron chi connectivity index (χ2n) is 4.84. The molecule has 0 spiro atoms. The second-order valence-corrected chi connectivity index (χ2v) is 4.84. The van der Waals surface area contributed by atoms with E-state index in [-0.39, 0.29) is 0 Å². The maximum absolute atomic E-state index is 5.43. The van der Waals surface area contributed by atoms with Crippen molar-refractivity contribution < 1.29 is 9.47 Å². The highest BCUT2D eigenvalue weighted by Gasteiger charge is 2.12. The summed E-state index contributed by atoms with van der Waals surface area (Å²) in [6, 6.07) is 3.65. The average Bonchev–Trinajstić information content (AvgIpc) is 2.50. The topological polar surface area (TPSA) is 60.4 Å². The van der Waals surface area contributed by atoms with Crippen LogP contribution in [0.3, 0.4) is 0 Å². The summed E-state index contributed by atoms with van der Waals surface area (Å²) in [5.74, 6) is 2.14. The summed E-state index contributed by atoms with van der Waals surface area (Å²) >= 11 is 0. The first kappa shape index (κ1) is 15.0. The number of anilines is 1. The Hall–Kier alpha value is -2.37. The van der Waals surface area contributed by atoms with Gasteiger partial charge in [0.15, 0.2) is 5.82 Å². The smallest absolute Gasteiger partial charge is 0.233 e. The van der Waals surface area contributed by atoms with E-state index in [0.717, 1.165) is 28.4 Å². The SMILES string of the molecule is COc1ccc(N(C)Cc2ncc(C)c(OC)c2C)nn1. The molecule has 0 N–H and O–H groups in total. The van der Waals surface area contributed by atoms with Gasteiger partial charge in [-0.15, -0.1) is 10.2 Å². The standard InChI is InChI=1S/C15H20N4O2/c1-10-8-16-12(11(2)15(10)21-5)9-19(3)13-6-7-14(20-4)18-17-13/h6-8H,9H2,1-5H3. The van der Waals surface area contributed by atoms with E-state index >= 15 is 0 Å². The molecule has 0 unspecified atom stereocenters. The van der Waals surface area contributed by atoms with Crippen molar-refractivity contribution in [3.63, 3.8) is 0 Å². The van der Waals surface area contributed by atoms with Crippen LogP contribution in [0.4, 0.5) is 5.82 Å². The molecular formula is C15H20N4O2. The zero-order valence-electron chi connectivity index (χ0n) is 13.0. The fourth-order valence-corrected chi connectivity index (χ4v) is 2.16. The number of ether oxygens (including phenoxy) is 2. The van der Waals surface area contributed by atoms with Gasteiger partial charge in [0, 0.05) is 30.4 Å². The number of hydrogen-bond acceptors (Lipinski definition) is 6. The highest BCUT2D eigenvalue weighted by Crippen LogP contribution is 2.25. The zero-order chi connectivity index (χ0) is 15.4. The van der Waals surface area contributed by atoms with Gasteiger partial charge in [-0.25, -0.2) is 0 Å². The molecular weight excluding hydrogens is 268 g/mol. The minimum Gasteiger partial charge on any atom is -0.496 e. The number of methoxy groups -OCH3 is 2.